The lowest BCUT2D eigenvalue weighted by Crippen LogP contribution is -2.48. The molecule has 1 unspecified atom stereocenters. The molecular formula is C13H27N3. The SMILES string of the molecule is CN(CCN1CCCC1)C(CN)C1CCC1. The first kappa shape index (κ1) is 12.3. The highest BCUT2D eigenvalue weighted by atomic mass is 15.2. The fraction of sp³-hybridized carbons (Fsp3) is 1.00. The summed E-state index contributed by atoms with van der Waals surface area (Å²) in [6.07, 6.45) is 7.01. The first-order valence-electron chi connectivity index (χ1n) is 6.94. The Morgan fingerprint density at radius 2 is 1.94 bits per heavy atom. The molecule has 94 valence electrons. The molecule has 1 saturated carbocycles. The summed E-state index contributed by atoms with van der Waals surface area (Å²) in [5.41, 5.74) is 5.91. The molecule has 1 saturated heterocycles. The van der Waals surface area contributed by atoms with E-state index in [1.807, 2.05) is 0 Å². The summed E-state index contributed by atoms with van der Waals surface area (Å²) < 4.78 is 0. The van der Waals surface area contributed by atoms with Crippen LogP contribution in [-0.4, -0.2) is 55.6 Å². The number of hydrogen-bond acceptors (Lipinski definition) is 3. The topological polar surface area (TPSA) is 32.5 Å². The van der Waals surface area contributed by atoms with Crippen LogP contribution < -0.4 is 5.73 Å². The molecule has 0 aromatic rings. The van der Waals surface area contributed by atoms with E-state index in [0.717, 1.165) is 12.5 Å². The number of rotatable bonds is 6. The molecule has 1 heterocycles. The predicted molar refractivity (Wildman–Crippen MR) is 68.5 cm³/mol. The van der Waals surface area contributed by atoms with Crippen LogP contribution in [0.15, 0.2) is 0 Å². The highest BCUT2D eigenvalue weighted by molar-refractivity contribution is 4.84. The summed E-state index contributed by atoms with van der Waals surface area (Å²) in [5.74, 6) is 0.883. The average molecular weight is 225 g/mol. The van der Waals surface area contributed by atoms with Gasteiger partial charge in [0.25, 0.3) is 0 Å². The maximum Gasteiger partial charge on any atom is 0.0244 e. The fourth-order valence-electron chi connectivity index (χ4n) is 3.03. The van der Waals surface area contributed by atoms with Gasteiger partial charge in [0, 0.05) is 25.7 Å². The van der Waals surface area contributed by atoms with Gasteiger partial charge in [0.2, 0.25) is 0 Å². The lowest BCUT2D eigenvalue weighted by molar-refractivity contribution is 0.114. The van der Waals surface area contributed by atoms with Crippen molar-refractivity contribution < 1.29 is 0 Å². The number of nitrogens with zero attached hydrogens (tertiary/aromatic N) is 2. The van der Waals surface area contributed by atoms with E-state index in [9.17, 15) is 0 Å². The Morgan fingerprint density at radius 3 is 2.44 bits per heavy atom. The molecule has 2 N–H and O–H groups in total. The minimum Gasteiger partial charge on any atom is -0.329 e. The summed E-state index contributed by atoms with van der Waals surface area (Å²) in [6, 6.07) is 0.636. The number of nitrogens with two attached hydrogens (primary N) is 1. The van der Waals surface area contributed by atoms with E-state index in [2.05, 4.69) is 16.8 Å². The van der Waals surface area contributed by atoms with E-state index in [4.69, 9.17) is 5.73 Å². The van der Waals surface area contributed by atoms with Crippen molar-refractivity contribution >= 4 is 0 Å². The molecule has 0 radical (unpaired) electrons. The van der Waals surface area contributed by atoms with Gasteiger partial charge in [-0.05, 0) is 51.7 Å². The zero-order valence-electron chi connectivity index (χ0n) is 10.7. The van der Waals surface area contributed by atoms with Gasteiger partial charge in [-0.25, -0.2) is 0 Å². The summed E-state index contributed by atoms with van der Waals surface area (Å²) in [7, 11) is 2.26. The lowest BCUT2D eigenvalue weighted by Gasteiger charge is -2.39. The molecule has 0 aromatic heterocycles. The van der Waals surface area contributed by atoms with Gasteiger partial charge in [0.15, 0.2) is 0 Å². The molecule has 2 aliphatic rings. The van der Waals surface area contributed by atoms with Crippen molar-refractivity contribution in [2.24, 2.45) is 11.7 Å². The van der Waals surface area contributed by atoms with Gasteiger partial charge < -0.3 is 15.5 Å². The maximum atomic E-state index is 5.91. The first-order chi connectivity index (χ1) is 7.81. The molecule has 3 heteroatoms. The van der Waals surface area contributed by atoms with Gasteiger partial charge in [-0.3, -0.25) is 0 Å². The van der Waals surface area contributed by atoms with Gasteiger partial charge in [0.05, 0.1) is 0 Å². The Bertz CT molecular complexity index is 197. The second-order valence-corrected chi connectivity index (χ2v) is 5.52. The molecule has 1 aliphatic carbocycles. The quantitative estimate of drug-likeness (QED) is 0.736. The minimum atomic E-state index is 0.636. The van der Waals surface area contributed by atoms with Crippen LogP contribution in [0.5, 0.6) is 0 Å². The highest BCUT2D eigenvalue weighted by Crippen LogP contribution is 2.31. The van der Waals surface area contributed by atoms with Crippen LogP contribution in [0.1, 0.15) is 32.1 Å². The van der Waals surface area contributed by atoms with Crippen molar-refractivity contribution in [3.8, 4) is 0 Å². The van der Waals surface area contributed by atoms with Crippen molar-refractivity contribution in [3.05, 3.63) is 0 Å². The molecule has 1 aliphatic heterocycles. The largest absolute Gasteiger partial charge is 0.329 e. The molecule has 16 heavy (non-hydrogen) atoms. The molecule has 0 spiro atoms. The summed E-state index contributed by atoms with van der Waals surface area (Å²) >= 11 is 0. The molecule has 1 atom stereocenters. The zero-order valence-corrected chi connectivity index (χ0v) is 10.7. The molecule has 2 fully saturated rings. The van der Waals surface area contributed by atoms with Crippen LogP contribution in [0.25, 0.3) is 0 Å². The van der Waals surface area contributed by atoms with Crippen LogP contribution in [0.3, 0.4) is 0 Å². The van der Waals surface area contributed by atoms with E-state index < -0.39 is 0 Å². The second kappa shape index (κ2) is 5.99. The third-order valence-corrected chi connectivity index (χ3v) is 4.47. The predicted octanol–water partition coefficient (Wildman–Crippen LogP) is 1.14. The Labute approximate surface area is 100.0 Å². The zero-order chi connectivity index (χ0) is 11.4. The lowest BCUT2D eigenvalue weighted by atomic mass is 9.79. The van der Waals surface area contributed by atoms with Crippen molar-refractivity contribution in [3.63, 3.8) is 0 Å². The van der Waals surface area contributed by atoms with E-state index in [1.54, 1.807) is 0 Å². The molecular weight excluding hydrogens is 198 g/mol. The van der Waals surface area contributed by atoms with E-state index >= 15 is 0 Å². The molecule has 0 amide bonds. The summed E-state index contributed by atoms with van der Waals surface area (Å²) in [4.78, 5) is 5.09. The molecule has 0 aromatic carbocycles. The number of likely N-dealkylation sites (N-methyl/N-ethyl adjacent to an activating group) is 1. The monoisotopic (exact) mass is 225 g/mol. The van der Waals surface area contributed by atoms with Crippen LogP contribution in [-0.2, 0) is 0 Å². The normalized spacial score (nSPS) is 24.9. The summed E-state index contributed by atoms with van der Waals surface area (Å²) in [5, 5.41) is 0. The van der Waals surface area contributed by atoms with Crippen molar-refractivity contribution in [1.29, 1.82) is 0 Å². The Hall–Kier alpha value is -0.120. The smallest absolute Gasteiger partial charge is 0.0244 e. The second-order valence-electron chi connectivity index (χ2n) is 5.52. The van der Waals surface area contributed by atoms with Crippen LogP contribution in [0.2, 0.25) is 0 Å². The molecule has 0 bridgehead atoms. The maximum absolute atomic E-state index is 5.91. The van der Waals surface area contributed by atoms with Crippen LogP contribution in [0.4, 0.5) is 0 Å². The Morgan fingerprint density at radius 1 is 1.25 bits per heavy atom. The Balaban J connectivity index is 1.69. The van der Waals surface area contributed by atoms with Crippen LogP contribution in [0, 0.1) is 5.92 Å². The van der Waals surface area contributed by atoms with E-state index in [1.165, 1.54) is 58.3 Å². The van der Waals surface area contributed by atoms with E-state index in [-0.39, 0.29) is 0 Å². The van der Waals surface area contributed by atoms with Crippen molar-refractivity contribution in [1.82, 2.24) is 9.80 Å². The standard InChI is InChI=1S/C13H27N3/c1-15(9-10-16-7-2-3-8-16)13(11-14)12-5-4-6-12/h12-13H,2-11,14H2,1H3. The highest BCUT2D eigenvalue weighted by Gasteiger charge is 2.29. The molecule has 2 rings (SSSR count). The Kier molecular flexibility index (Phi) is 4.62. The van der Waals surface area contributed by atoms with E-state index in [0.29, 0.717) is 6.04 Å². The minimum absolute atomic E-state index is 0.636. The van der Waals surface area contributed by atoms with Crippen molar-refractivity contribution in [2.45, 2.75) is 38.1 Å². The van der Waals surface area contributed by atoms with Gasteiger partial charge in [-0.15, -0.1) is 0 Å². The van der Waals surface area contributed by atoms with Gasteiger partial charge >= 0.3 is 0 Å². The molecule has 3 nitrogen and oxygen atoms in total. The number of likely N-dealkylation sites (tertiary alicyclic amines) is 1. The summed E-state index contributed by atoms with van der Waals surface area (Å²) in [6.45, 7) is 5.88. The van der Waals surface area contributed by atoms with Crippen molar-refractivity contribution in [2.75, 3.05) is 39.8 Å². The van der Waals surface area contributed by atoms with Gasteiger partial charge in [-0.2, -0.15) is 0 Å². The third kappa shape index (κ3) is 2.96. The number of hydrogen-bond donors (Lipinski definition) is 1. The van der Waals surface area contributed by atoms with Gasteiger partial charge in [0.1, 0.15) is 0 Å². The van der Waals surface area contributed by atoms with Crippen LogP contribution >= 0.6 is 0 Å². The fourth-order valence-corrected chi connectivity index (χ4v) is 3.03. The first-order valence-corrected chi connectivity index (χ1v) is 6.94. The van der Waals surface area contributed by atoms with Gasteiger partial charge in [-0.1, -0.05) is 6.42 Å². The average Bonchev–Trinajstić information content (AvgIpc) is 2.72. The third-order valence-electron chi connectivity index (χ3n) is 4.47.